The largest absolute Gasteiger partial charge is 0.493 e. The third-order valence-electron chi connectivity index (χ3n) is 5.02. The van der Waals surface area contributed by atoms with Crippen LogP contribution >= 0.6 is 0 Å². The fourth-order valence-corrected chi connectivity index (χ4v) is 3.58. The Balaban J connectivity index is 2.20. The summed E-state index contributed by atoms with van der Waals surface area (Å²) in [6.45, 7) is 4.82. The Kier molecular flexibility index (Phi) is 6.44. The molecule has 0 spiro atoms. The van der Waals surface area contributed by atoms with E-state index in [-0.39, 0.29) is 11.2 Å². The number of rotatable bonds is 8. The van der Waals surface area contributed by atoms with Gasteiger partial charge in [0, 0.05) is 25.7 Å². The van der Waals surface area contributed by atoms with Gasteiger partial charge in [0.05, 0.1) is 14.2 Å². The molecule has 8 nitrogen and oxygen atoms in total. The van der Waals surface area contributed by atoms with Gasteiger partial charge in [-0.1, -0.05) is 26.0 Å². The molecule has 160 valence electrons. The number of hydrogen-bond acceptors (Lipinski definition) is 5. The van der Waals surface area contributed by atoms with E-state index in [1.165, 1.54) is 4.57 Å². The molecule has 0 aliphatic heterocycles. The average molecular weight is 412 g/mol. The number of aromatic nitrogens is 4. The third-order valence-corrected chi connectivity index (χ3v) is 5.02. The molecule has 0 radical (unpaired) electrons. The summed E-state index contributed by atoms with van der Waals surface area (Å²) < 4.78 is 15.4. The average Bonchev–Trinajstić information content (AvgIpc) is 3.08. The minimum absolute atomic E-state index is 0.306. The summed E-state index contributed by atoms with van der Waals surface area (Å²) in [5, 5.41) is 0. The molecule has 2 heterocycles. The normalized spacial score (nSPS) is 11.5. The number of imidazole rings is 1. The Hall–Kier alpha value is -3.29. The van der Waals surface area contributed by atoms with Gasteiger partial charge in [-0.05, 0) is 31.1 Å². The lowest BCUT2D eigenvalue weighted by Gasteiger charge is -2.10. The molecule has 1 aromatic carbocycles. The van der Waals surface area contributed by atoms with E-state index >= 15 is 0 Å². The van der Waals surface area contributed by atoms with Crippen LogP contribution in [0.4, 0.5) is 0 Å². The zero-order valence-electron chi connectivity index (χ0n) is 18.1. The highest BCUT2D eigenvalue weighted by molar-refractivity contribution is 5.78. The van der Waals surface area contributed by atoms with Crippen molar-refractivity contribution in [2.45, 2.75) is 39.8 Å². The molecule has 8 heteroatoms. The first-order valence-electron chi connectivity index (χ1n) is 10.1. The lowest BCUT2D eigenvalue weighted by Crippen LogP contribution is -2.40. The van der Waals surface area contributed by atoms with Crippen LogP contribution < -0.4 is 20.7 Å². The molecule has 0 atom stereocenters. The number of methoxy groups -OCH3 is 2. The van der Waals surface area contributed by atoms with E-state index in [2.05, 4.69) is 4.98 Å². The number of para-hydroxylation sites is 1. The Morgan fingerprint density at radius 2 is 1.70 bits per heavy atom. The predicted molar refractivity (Wildman–Crippen MR) is 118 cm³/mol. The summed E-state index contributed by atoms with van der Waals surface area (Å²) in [5.74, 6) is 1.82. The van der Waals surface area contributed by atoms with Crippen molar-refractivity contribution in [1.82, 2.24) is 18.7 Å². The molecule has 3 rings (SSSR count). The molecule has 0 saturated heterocycles. The first-order valence-corrected chi connectivity index (χ1v) is 10.1. The second-order valence-electron chi connectivity index (χ2n) is 7.01. The molecule has 0 unspecified atom stereocenters. The molecule has 0 saturated carbocycles. The van der Waals surface area contributed by atoms with Crippen molar-refractivity contribution in [1.29, 1.82) is 0 Å². The van der Waals surface area contributed by atoms with Crippen molar-refractivity contribution >= 4 is 23.3 Å². The first-order chi connectivity index (χ1) is 14.5. The fraction of sp³-hybridized carbons (Fsp3) is 0.409. The van der Waals surface area contributed by atoms with Crippen molar-refractivity contribution in [3.05, 3.63) is 50.4 Å². The van der Waals surface area contributed by atoms with Crippen LogP contribution in [0.2, 0.25) is 0 Å². The van der Waals surface area contributed by atoms with E-state index in [9.17, 15) is 9.59 Å². The maximum Gasteiger partial charge on any atom is 0.332 e. The van der Waals surface area contributed by atoms with Crippen molar-refractivity contribution in [3.63, 3.8) is 0 Å². The van der Waals surface area contributed by atoms with E-state index in [1.54, 1.807) is 30.4 Å². The van der Waals surface area contributed by atoms with E-state index < -0.39 is 0 Å². The number of aryl methyl sites for hydroxylation is 2. The minimum Gasteiger partial charge on any atom is -0.493 e. The van der Waals surface area contributed by atoms with Gasteiger partial charge in [0.25, 0.3) is 5.56 Å². The number of ether oxygens (including phenoxy) is 2. The van der Waals surface area contributed by atoms with Crippen LogP contribution in [0.3, 0.4) is 0 Å². The van der Waals surface area contributed by atoms with Gasteiger partial charge in [-0.15, -0.1) is 0 Å². The van der Waals surface area contributed by atoms with Crippen molar-refractivity contribution < 1.29 is 9.47 Å². The van der Waals surface area contributed by atoms with Crippen molar-refractivity contribution in [2.75, 3.05) is 14.2 Å². The quantitative estimate of drug-likeness (QED) is 0.568. The lowest BCUT2D eigenvalue weighted by atomic mass is 10.1. The molecule has 2 aromatic heterocycles. The van der Waals surface area contributed by atoms with Crippen LogP contribution in [0.5, 0.6) is 11.5 Å². The number of hydrogen-bond donors (Lipinski definition) is 0. The maximum atomic E-state index is 13.0. The van der Waals surface area contributed by atoms with Crippen LogP contribution in [0.15, 0.2) is 27.8 Å². The predicted octanol–water partition coefficient (Wildman–Crippen LogP) is 2.90. The van der Waals surface area contributed by atoms with Crippen LogP contribution in [0, 0.1) is 0 Å². The molecule has 0 fully saturated rings. The number of fused-ring (bicyclic) bond motifs is 1. The second-order valence-corrected chi connectivity index (χ2v) is 7.01. The molecule has 30 heavy (non-hydrogen) atoms. The van der Waals surface area contributed by atoms with E-state index in [1.807, 2.05) is 44.2 Å². The highest BCUT2D eigenvalue weighted by Gasteiger charge is 2.18. The van der Waals surface area contributed by atoms with Crippen LogP contribution in [-0.4, -0.2) is 32.9 Å². The zero-order valence-corrected chi connectivity index (χ0v) is 18.1. The van der Waals surface area contributed by atoms with Gasteiger partial charge < -0.3 is 14.0 Å². The standard InChI is InChI=1S/C22H28N4O4/c1-6-13-25-20-18(21(27)26(14-7-2)22(25)28)24(3)17(23-20)12-11-15-9-8-10-16(29-4)19(15)30-5/h8-12H,6-7,13-14H2,1-5H3. The van der Waals surface area contributed by atoms with Crippen LogP contribution in [-0.2, 0) is 20.1 Å². The van der Waals surface area contributed by atoms with Crippen LogP contribution in [0.25, 0.3) is 23.3 Å². The van der Waals surface area contributed by atoms with Crippen molar-refractivity contribution in [3.8, 4) is 11.5 Å². The van der Waals surface area contributed by atoms with Gasteiger partial charge in [0.1, 0.15) is 5.82 Å². The summed E-state index contributed by atoms with van der Waals surface area (Å²) >= 11 is 0. The first kappa shape index (κ1) is 21.4. The summed E-state index contributed by atoms with van der Waals surface area (Å²) in [4.78, 5) is 30.5. The molecule has 0 aliphatic rings. The van der Waals surface area contributed by atoms with E-state index in [0.29, 0.717) is 48.0 Å². The summed E-state index contributed by atoms with van der Waals surface area (Å²) in [6.07, 6.45) is 5.13. The topological polar surface area (TPSA) is 80.3 Å². The van der Waals surface area contributed by atoms with Gasteiger partial charge in [-0.25, -0.2) is 9.78 Å². The second kappa shape index (κ2) is 9.02. The van der Waals surface area contributed by atoms with Gasteiger partial charge >= 0.3 is 5.69 Å². The van der Waals surface area contributed by atoms with Gasteiger partial charge in [0.15, 0.2) is 22.7 Å². The number of nitrogens with zero attached hydrogens (tertiary/aromatic N) is 4. The molecule has 0 N–H and O–H groups in total. The van der Waals surface area contributed by atoms with Gasteiger partial charge in [-0.2, -0.15) is 0 Å². The summed E-state index contributed by atoms with van der Waals surface area (Å²) in [6, 6.07) is 5.60. The van der Waals surface area contributed by atoms with Gasteiger partial charge in [0.2, 0.25) is 0 Å². The smallest absolute Gasteiger partial charge is 0.332 e. The third kappa shape index (κ3) is 3.65. The van der Waals surface area contributed by atoms with Crippen molar-refractivity contribution in [2.24, 2.45) is 7.05 Å². The molecular weight excluding hydrogens is 384 g/mol. The van der Waals surface area contributed by atoms with Gasteiger partial charge in [-0.3, -0.25) is 13.9 Å². The highest BCUT2D eigenvalue weighted by atomic mass is 16.5. The lowest BCUT2D eigenvalue weighted by molar-refractivity contribution is 0.354. The Labute approximate surface area is 175 Å². The van der Waals surface area contributed by atoms with E-state index in [4.69, 9.17) is 9.47 Å². The fourth-order valence-electron chi connectivity index (χ4n) is 3.58. The highest BCUT2D eigenvalue weighted by Crippen LogP contribution is 2.31. The zero-order chi connectivity index (χ0) is 21.8. The SMILES string of the molecule is CCCn1c(=O)c2c(nc(C=Cc3cccc(OC)c3OC)n2C)n(CCC)c1=O. The van der Waals surface area contributed by atoms with Crippen LogP contribution in [0.1, 0.15) is 38.1 Å². The Morgan fingerprint density at radius 3 is 2.33 bits per heavy atom. The minimum atomic E-state index is -0.308. The molecule has 0 amide bonds. The molecule has 3 aromatic rings. The monoisotopic (exact) mass is 412 g/mol. The Morgan fingerprint density at radius 1 is 1.00 bits per heavy atom. The molecule has 0 bridgehead atoms. The maximum absolute atomic E-state index is 13.0. The molecular formula is C22H28N4O4. The number of benzene rings is 1. The van der Waals surface area contributed by atoms with E-state index in [0.717, 1.165) is 12.0 Å². The summed E-state index contributed by atoms with van der Waals surface area (Å²) in [7, 11) is 4.96. The molecule has 0 aliphatic carbocycles. The Bertz CT molecular complexity index is 1200. The summed E-state index contributed by atoms with van der Waals surface area (Å²) in [5.41, 5.74) is 1.04.